The number of hydrogen-bond donors (Lipinski definition) is 1. The van der Waals surface area contributed by atoms with E-state index < -0.39 is 12.1 Å². The highest BCUT2D eigenvalue weighted by molar-refractivity contribution is 5.86. The molecule has 3 aromatic rings. The zero-order chi connectivity index (χ0) is 16.1. The number of aliphatic carboxylic acids is 1. The maximum atomic E-state index is 11.5. The average molecular weight is 306 g/mol. The van der Waals surface area contributed by atoms with Crippen LogP contribution in [0.25, 0.3) is 10.8 Å². The van der Waals surface area contributed by atoms with Gasteiger partial charge in [0.2, 0.25) is 0 Å². The number of carbonyl (C=O) groups is 1. The van der Waals surface area contributed by atoms with E-state index in [1.807, 2.05) is 72.8 Å². The Labute approximate surface area is 135 Å². The zero-order valence-corrected chi connectivity index (χ0v) is 12.7. The van der Waals surface area contributed by atoms with Crippen LogP contribution in [0.4, 0.5) is 0 Å². The first kappa shape index (κ1) is 15.3. The zero-order valence-electron chi connectivity index (χ0n) is 12.7. The van der Waals surface area contributed by atoms with Crippen LogP contribution < -0.4 is 0 Å². The molecule has 0 aliphatic heterocycles. The van der Waals surface area contributed by atoms with Crippen LogP contribution in [0.3, 0.4) is 0 Å². The van der Waals surface area contributed by atoms with E-state index in [4.69, 9.17) is 4.74 Å². The molecule has 0 saturated heterocycles. The molecule has 0 spiro atoms. The number of benzene rings is 3. The fourth-order valence-electron chi connectivity index (χ4n) is 2.66. The molecule has 0 aliphatic carbocycles. The largest absolute Gasteiger partial charge is 0.479 e. The monoisotopic (exact) mass is 306 g/mol. The molecule has 0 fully saturated rings. The van der Waals surface area contributed by atoms with E-state index in [0.29, 0.717) is 13.0 Å². The van der Waals surface area contributed by atoms with Crippen molar-refractivity contribution in [2.24, 2.45) is 0 Å². The quantitative estimate of drug-likeness (QED) is 0.747. The molecule has 1 N–H and O–H groups in total. The predicted octanol–water partition coefficient (Wildman–Crippen LogP) is 4.05. The molecular formula is C20H18O3. The van der Waals surface area contributed by atoms with Gasteiger partial charge >= 0.3 is 5.97 Å². The minimum atomic E-state index is -0.936. The maximum Gasteiger partial charge on any atom is 0.333 e. The van der Waals surface area contributed by atoms with Crippen LogP contribution >= 0.6 is 0 Å². The van der Waals surface area contributed by atoms with E-state index in [9.17, 15) is 9.90 Å². The van der Waals surface area contributed by atoms with E-state index in [0.717, 1.165) is 21.9 Å². The van der Waals surface area contributed by atoms with Gasteiger partial charge in [-0.3, -0.25) is 0 Å². The molecule has 3 aromatic carbocycles. The first-order chi connectivity index (χ1) is 11.2. The Morgan fingerprint density at radius 1 is 0.913 bits per heavy atom. The molecule has 0 aliphatic rings. The highest BCUT2D eigenvalue weighted by Crippen LogP contribution is 2.21. The first-order valence-corrected chi connectivity index (χ1v) is 7.59. The Balaban J connectivity index is 1.78. The highest BCUT2D eigenvalue weighted by Gasteiger charge is 2.19. The summed E-state index contributed by atoms with van der Waals surface area (Å²) in [6.07, 6.45) is -0.509. The van der Waals surface area contributed by atoms with Crippen LogP contribution in [0.15, 0.2) is 72.8 Å². The Hall–Kier alpha value is -2.65. The third-order valence-corrected chi connectivity index (χ3v) is 3.85. The fourth-order valence-corrected chi connectivity index (χ4v) is 2.66. The Morgan fingerprint density at radius 2 is 1.61 bits per heavy atom. The average Bonchev–Trinajstić information content (AvgIpc) is 2.59. The summed E-state index contributed by atoms with van der Waals surface area (Å²) in [6, 6.07) is 23.5. The third-order valence-electron chi connectivity index (χ3n) is 3.85. The molecule has 3 rings (SSSR count). The van der Waals surface area contributed by atoms with E-state index in [2.05, 4.69) is 0 Å². The minimum Gasteiger partial charge on any atom is -0.479 e. The molecular weight excluding hydrogens is 288 g/mol. The molecule has 0 heterocycles. The van der Waals surface area contributed by atoms with Gasteiger partial charge in [0, 0.05) is 6.42 Å². The van der Waals surface area contributed by atoms with Crippen molar-refractivity contribution in [2.45, 2.75) is 19.1 Å². The lowest BCUT2D eigenvalue weighted by molar-refractivity contribution is -0.151. The number of carboxylic acid groups (broad SMARTS) is 1. The first-order valence-electron chi connectivity index (χ1n) is 7.59. The Morgan fingerprint density at radius 3 is 2.39 bits per heavy atom. The molecule has 0 aromatic heterocycles. The van der Waals surface area contributed by atoms with Gasteiger partial charge in [0.05, 0.1) is 6.61 Å². The lowest BCUT2D eigenvalue weighted by Gasteiger charge is -2.15. The summed E-state index contributed by atoms with van der Waals surface area (Å²) in [5.41, 5.74) is 1.96. The summed E-state index contributed by atoms with van der Waals surface area (Å²) < 4.78 is 5.64. The Bertz CT molecular complexity index is 791. The number of carboxylic acids is 1. The van der Waals surface area contributed by atoms with E-state index in [-0.39, 0.29) is 0 Å². The lowest BCUT2D eigenvalue weighted by Crippen LogP contribution is -2.26. The summed E-state index contributed by atoms with van der Waals surface area (Å²) in [7, 11) is 0. The van der Waals surface area contributed by atoms with E-state index in [1.165, 1.54) is 0 Å². The number of rotatable bonds is 6. The van der Waals surface area contributed by atoms with Gasteiger partial charge in [-0.15, -0.1) is 0 Å². The second kappa shape index (κ2) is 7.07. The van der Waals surface area contributed by atoms with Crippen molar-refractivity contribution in [1.82, 2.24) is 0 Å². The maximum absolute atomic E-state index is 11.5. The molecule has 0 amide bonds. The molecule has 23 heavy (non-hydrogen) atoms. The number of hydrogen-bond acceptors (Lipinski definition) is 2. The van der Waals surface area contributed by atoms with Gasteiger partial charge in [0.15, 0.2) is 6.10 Å². The number of ether oxygens (including phenoxy) is 1. The molecule has 1 unspecified atom stereocenters. The van der Waals surface area contributed by atoms with Crippen molar-refractivity contribution in [3.05, 3.63) is 83.9 Å². The Kier molecular flexibility index (Phi) is 4.69. The summed E-state index contributed by atoms with van der Waals surface area (Å²) in [5.74, 6) is -0.936. The minimum absolute atomic E-state index is 0.294. The fraction of sp³-hybridized carbons (Fsp3) is 0.150. The van der Waals surface area contributed by atoms with Gasteiger partial charge in [-0.2, -0.15) is 0 Å². The van der Waals surface area contributed by atoms with Crippen molar-refractivity contribution in [3.63, 3.8) is 0 Å². The highest BCUT2D eigenvalue weighted by atomic mass is 16.5. The second-order valence-electron chi connectivity index (χ2n) is 5.47. The second-order valence-corrected chi connectivity index (χ2v) is 5.47. The number of fused-ring (bicyclic) bond motifs is 1. The summed E-state index contributed by atoms with van der Waals surface area (Å²) >= 11 is 0. The lowest BCUT2D eigenvalue weighted by atomic mass is 10.00. The third kappa shape index (κ3) is 3.76. The van der Waals surface area contributed by atoms with Gasteiger partial charge in [0.1, 0.15) is 0 Å². The molecule has 0 radical (unpaired) electrons. The van der Waals surface area contributed by atoms with Crippen LogP contribution in [-0.2, 0) is 22.6 Å². The predicted molar refractivity (Wildman–Crippen MR) is 90.3 cm³/mol. The molecule has 0 bridgehead atoms. The van der Waals surface area contributed by atoms with Gasteiger partial charge in [-0.05, 0) is 21.9 Å². The topological polar surface area (TPSA) is 46.5 Å². The summed E-state index contributed by atoms with van der Waals surface area (Å²) in [5, 5.41) is 11.6. The summed E-state index contributed by atoms with van der Waals surface area (Å²) in [6.45, 7) is 0.294. The molecule has 3 nitrogen and oxygen atoms in total. The standard InChI is InChI=1S/C20H18O3/c21-20(22)19(23-14-15-7-2-1-3-8-15)13-17-11-6-10-16-9-4-5-12-18(16)17/h1-12,19H,13-14H2,(H,21,22). The molecule has 0 saturated carbocycles. The SMILES string of the molecule is O=C(O)C(Cc1cccc2ccccc12)OCc1ccccc1. The van der Waals surface area contributed by atoms with Crippen LogP contribution in [0.5, 0.6) is 0 Å². The van der Waals surface area contributed by atoms with Crippen LogP contribution in [0.2, 0.25) is 0 Å². The van der Waals surface area contributed by atoms with Gasteiger partial charge in [-0.1, -0.05) is 72.8 Å². The van der Waals surface area contributed by atoms with Crippen LogP contribution in [0.1, 0.15) is 11.1 Å². The van der Waals surface area contributed by atoms with Crippen molar-refractivity contribution in [1.29, 1.82) is 0 Å². The van der Waals surface area contributed by atoms with Crippen molar-refractivity contribution < 1.29 is 14.6 Å². The molecule has 1 atom stereocenters. The van der Waals surface area contributed by atoms with Crippen molar-refractivity contribution in [2.75, 3.05) is 0 Å². The normalized spacial score (nSPS) is 12.2. The van der Waals surface area contributed by atoms with E-state index >= 15 is 0 Å². The smallest absolute Gasteiger partial charge is 0.333 e. The van der Waals surface area contributed by atoms with Crippen LogP contribution in [0, 0.1) is 0 Å². The van der Waals surface area contributed by atoms with Gasteiger partial charge < -0.3 is 9.84 Å². The van der Waals surface area contributed by atoms with Crippen LogP contribution in [-0.4, -0.2) is 17.2 Å². The van der Waals surface area contributed by atoms with Crippen molar-refractivity contribution >= 4 is 16.7 Å². The van der Waals surface area contributed by atoms with Crippen molar-refractivity contribution in [3.8, 4) is 0 Å². The molecule has 3 heteroatoms. The molecule has 116 valence electrons. The van der Waals surface area contributed by atoms with E-state index in [1.54, 1.807) is 0 Å². The summed E-state index contributed by atoms with van der Waals surface area (Å²) in [4.78, 5) is 11.5. The van der Waals surface area contributed by atoms with Gasteiger partial charge in [0.25, 0.3) is 0 Å². The van der Waals surface area contributed by atoms with Gasteiger partial charge in [-0.25, -0.2) is 4.79 Å².